The maximum absolute atomic E-state index is 12.4. The van der Waals surface area contributed by atoms with Gasteiger partial charge in [-0.3, -0.25) is 9.89 Å². The Labute approximate surface area is 134 Å². The number of carbonyl (C=O) groups is 1. The maximum Gasteiger partial charge on any atom is 0.273 e. The Kier molecular flexibility index (Phi) is 5.81. The molecule has 1 saturated carbocycles. The summed E-state index contributed by atoms with van der Waals surface area (Å²) in [4.78, 5) is 12.4. The van der Waals surface area contributed by atoms with Gasteiger partial charge in [0.15, 0.2) is 5.69 Å². The van der Waals surface area contributed by atoms with E-state index in [-0.39, 0.29) is 17.9 Å². The Morgan fingerprint density at radius 2 is 2.10 bits per heavy atom. The van der Waals surface area contributed by atoms with Gasteiger partial charge in [-0.1, -0.05) is 33.1 Å². The molecule has 1 aromatic heterocycles. The van der Waals surface area contributed by atoms with Gasteiger partial charge >= 0.3 is 0 Å². The molecule has 6 heteroatoms. The van der Waals surface area contributed by atoms with Crippen LogP contribution in [-0.4, -0.2) is 28.7 Å². The van der Waals surface area contributed by atoms with Crippen LogP contribution in [0.15, 0.2) is 4.47 Å². The van der Waals surface area contributed by atoms with Crippen LogP contribution in [0.2, 0.25) is 0 Å². The highest BCUT2D eigenvalue weighted by Crippen LogP contribution is 2.28. The number of H-pyrrole nitrogens is 1. The van der Waals surface area contributed by atoms with Gasteiger partial charge in [0.25, 0.3) is 5.91 Å². The summed E-state index contributed by atoms with van der Waals surface area (Å²) in [5, 5.41) is 10.2. The lowest BCUT2D eigenvalue weighted by molar-refractivity contribution is 0.0909. The third-order valence-corrected chi connectivity index (χ3v) is 5.12. The van der Waals surface area contributed by atoms with Gasteiger partial charge in [0, 0.05) is 12.6 Å². The lowest BCUT2D eigenvalue weighted by Crippen LogP contribution is -2.46. The molecule has 1 amide bonds. The molecular formula is C15H25BrN4O. The van der Waals surface area contributed by atoms with E-state index in [9.17, 15) is 4.79 Å². The Morgan fingerprint density at radius 1 is 1.43 bits per heavy atom. The highest BCUT2D eigenvalue weighted by molar-refractivity contribution is 9.10. The Hall–Kier alpha value is -0.880. The zero-order valence-electron chi connectivity index (χ0n) is 12.8. The van der Waals surface area contributed by atoms with Crippen LogP contribution in [0.5, 0.6) is 0 Å². The fraction of sp³-hybridized carbons (Fsp3) is 0.733. The topological polar surface area (TPSA) is 83.8 Å². The molecule has 2 rings (SSSR count). The number of carbonyl (C=O) groups excluding carboxylic acids is 1. The number of halogens is 1. The van der Waals surface area contributed by atoms with Crippen molar-refractivity contribution < 1.29 is 4.79 Å². The van der Waals surface area contributed by atoms with E-state index in [2.05, 4.69) is 45.3 Å². The van der Waals surface area contributed by atoms with Crippen molar-refractivity contribution in [3.05, 3.63) is 15.9 Å². The summed E-state index contributed by atoms with van der Waals surface area (Å²) in [6, 6.07) is 0.0453. The van der Waals surface area contributed by atoms with Gasteiger partial charge < -0.3 is 11.1 Å². The molecule has 1 aromatic rings. The smallest absolute Gasteiger partial charge is 0.273 e. The highest BCUT2D eigenvalue weighted by Gasteiger charge is 2.26. The van der Waals surface area contributed by atoms with E-state index in [0.717, 1.165) is 23.0 Å². The normalized spacial score (nSPS) is 18.0. The maximum atomic E-state index is 12.4. The van der Waals surface area contributed by atoms with Gasteiger partial charge in [-0.15, -0.1) is 0 Å². The van der Waals surface area contributed by atoms with Crippen LogP contribution < -0.4 is 11.1 Å². The summed E-state index contributed by atoms with van der Waals surface area (Å²) in [6.07, 6.45) is 6.08. The molecule has 21 heavy (non-hydrogen) atoms. The molecule has 0 radical (unpaired) electrons. The zero-order valence-corrected chi connectivity index (χ0v) is 14.4. The number of aromatic nitrogens is 2. The largest absolute Gasteiger partial charge is 0.346 e. The van der Waals surface area contributed by atoms with Gasteiger partial charge in [0.05, 0.1) is 10.2 Å². The third-order valence-electron chi connectivity index (χ3n) is 4.31. The molecule has 0 spiro atoms. The molecule has 5 nitrogen and oxygen atoms in total. The van der Waals surface area contributed by atoms with Crippen molar-refractivity contribution in [1.29, 1.82) is 0 Å². The number of nitrogens with one attached hydrogen (secondary N) is 2. The van der Waals surface area contributed by atoms with E-state index in [1.54, 1.807) is 0 Å². The first-order chi connectivity index (χ1) is 10.0. The number of nitrogens with two attached hydrogens (primary N) is 1. The Bertz CT molecular complexity index is 480. The number of rotatable bonds is 5. The first-order valence-electron chi connectivity index (χ1n) is 7.79. The van der Waals surface area contributed by atoms with Crippen molar-refractivity contribution in [3.63, 3.8) is 0 Å². The molecule has 1 fully saturated rings. The van der Waals surface area contributed by atoms with Crippen LogP contribution in [0.25, 0.3) is 0 Å². The predicted octanol–water partition coefficient (Wildman–Crippen LogP) is 2.93. The molecule has 0 aromatic carbocycles. The summed E-state index contributed by atoms with van der Waals surface area (Å²) in [5.41, 5.74) is 7.24. The predicted molar refractivity (Wildman–Crippen MR) is 87.3 cm³/mol. The second kappa shape index (κ2) is 7.40. The fourth-order valence-corrected chi connectivity index (χ4v) is 3.83. The Morgan fingerprint density at radius 3 is 2.62 bits per heavy atom. The monoisotopic (exact) mass is 356 g/mol. The van der Waals surface area contributed by atoms with Gasteiger partial charge in [0.2, 0.25) is 0 Å². The van der Waals surface area contributed by atoms with Crippen LogP contribution in [0.4, 0.5) is 0 Å². The standard InChI is InChI=1S/C15H25BrN4O/c1-9(2)13-12(16)14(20-19-13)15(21)18-11(8-17)10-6-4-3-5-7-10/h9-11H,3-8,17H2,1-2H3,(H,18,21)(H,19,20). The van der Waals surface area contributed by atoms with Crippen LogP contribution in [0.1, 0.15) is 68.1 Å². The lowest BCUT2D eigenvalue weighted by Gasteiger charge is -2.29. The molecule has 1 heterocycles. The van der Waals surface area contributed by atoms with Gasteiger partial charge in [0.1, 0.15) is 0 Å². The van der Waals surface area contributed by atoms with Crippen molar-refractivity contribution in [2.75, 3.05) is 6.54 Å². The van der Waals surface area contributed by atoms with E-state index in [4.69, 9.17) is 5.73 Å². The number of aromatic amines is 1. The molecule has 1 unspecified atom stereocenters. The highest BCUT2D eigenvalue weighted by atomic mass is 79.9. The van der Waals surface area contributed by atoms with Crippen molar-refractivity contribution in [3.8, 4) is 0 Å². The minimum absolute atomic E-state index is 0.0453. The molecule has 1 atom stereocenters. The lowest BCUT2D eigenvalue weighted by atomic mass is 9.84. The zero-order chi connectivity index (χ0) is 15.4. The first kappa shape index (κ1) is 16.5. The van der Waals surface area contributed by atoms with Crippen LogP contribution >= 0.6 is 15.9 Å². The molecular weight excluding hydrogens is 332 g/mol. The molecule has 0 bridgehead atoms. The average molecular weight is 357 g/mol. The van der Waals surface area contributed by atoms with Gasteiger partial charge in [-0.25, -0.2) is 0 Å². The van der Waals surface area contributed by atoms with Crippen molar-refractivity contribution in [2.24, 2.45) is 11.7 Å². The van der Waals surface area contributed by atoms with E-state index in [1.165, 1.54) is 19.3 Å². The second-order valence-corrected chi connectivity index (χ2v) is 6.96. The SMILES string of the molecule is CC(C)c1[nH]nc(C(=O)NC(CN)C2CCCCC2)c1Br. The summed E-state index contributed by atoms with van der Waals surface area (Å²) < 4.78 is 0.759. The molecule has 0 aliphatic heterocycles. The van der Waals surface area contributed by atoms with E-state index in [0.29, 0.717) is 18.2 Å². The summed E-state index contributed by atoms with van der Waals surface area (Å²) in [7, 11) is 0. The van der Waals surface area contributed by atoms with Gasteiger partial charge in [-0.05, 0) is 40.6 Å². The quantitative estimate of drug-likeness (QED) is 0.758. The summed E-state index contributed by atoms with van der Waals surface area (Å²) in [6.45, 7) is 4.60. The summed E-state index contributed by atoms with van der Waals surface area (Å²) in [5.74, 6) is 0.637. The Balaban J connectivity index is 2.05. The molecule has 118 valence electrons. The van der Waals surface area contributed by atoms with Crippen LogP contribution in [-0.2, 0) is 0 Å². The number of nitrogens with zero attached hydrogens (tertiary/aromatic N) is 1. The molecule has 1 aliphatic carbocycles. The number of hydrogen-bond donors (Lipinski definition) is 3. The third kappa shape index (κ3) is 3.86. The minimum Gasteiger partial charge on any atom is -0.346 e. The number of hydrogen-bond acceptors (Lipinski definition) is 3. The summed E-state index contributed by atoms with van der Waals surface area (Å²) >= 11 is 3.47. The second-order valence-electron chi connectivity index (χ2n) is 6.17. The van der Waals surface area contributed by atoms with E-state index in [1.807, 2.05) is 0 Å². The average Bonchev–Trinajstić information content (AvgIpc) is 2.87. The first-order valence-corrected chi connectivity index (χ1v) is 8.58. The molecule has 0 saturated heterocycles. The van der Waals surface area contributed by atoms with E-state index >= 15 is 0 Å². The number of amides is 1. The van der Waals surface area contributed by atoms with Gasteiger partial charge in [-0.2, -0.15) is 5.10 Å². The van der Waals surface area contributed by atoms with E-state index < -0.39 is 0 Å². The van der Waals surface area contributed by atoms with Crippen molar-refractivity contribution in [2.45, 2.75) is 57.9 Å². The van der Waals surface area contributed by atoms with Crippen molar-refractivity contribution in [1.82, 2.24) is 15.5 Å². The molecule has 1 aliphatic rings. The van der Waals surface area contributed by atoms with Crippen molar-refractivity contribution >= 4 is 21.8 Å². The fourth-order valence-electron chi connectivity index (χ4n) is 3.02. The van der Waals surface area contributed by atoms with Crippen LogP contribution in [0, 0.1) is 5.92 Å². The molecule has 4 N–H and O–H groups in total. The minimum atomic E-state index is -0.147. The van der Waals surface area contributed by atoms with Crippen LogP contribution in [0.3, 0.4) is 0 Å².